The van der Waals surface area contributed by atoms with E-state index in [1.165, 1.54) is 0 Å². The molecule has 0 bridgehead atoms. The molecular weight excluding hydrogens is 344 g/mol. The van der Waals surface area contributed by atoms with E-state index >= 15 is 0 Å². The van der Waals surface area contributed by atoms with E-state index < -0.39 is 17.4 Å². The highest BCUT2D eigenvalue weighted by atomic mass is 16.6. The molecule has 0 heterocycles. The molecule has 0 unspecified atom stereocenters. The fourth-order valence-electron chi connectivity index (χ4n) is 2.79. The fourth-order valence-corrected chi connectivity index (χ4v) is 2.79. The number of carbonyl (C=O) groups excluding carboxylic acids is 2. The molecule has 5 heteroatoms. The highest BCUT2D eigenvalue weighted by molar-refractivity contribution is 5.99. The number of para-hydroxylation sites is 1. The summed E-state index contributed by atoms with van der Waals surface area (Å²) in [6.07, 6.45) is 0.663. The maximum Gasteiger partial charge on any atom is 0.323 e. The summed E-state index contributed by atoms with van der Waals surface area (Å²) in [6.45, 7) is 5.59. The largest absolute Gasteiger partial charge is 0.465 e. The lowest BCUT2D eigenvalue weighted by molar-refractivity contribution is -0.173. The molecule has 0 fully saturated rings. The van der Waals surface area contributed by atoms with E-state index in [4.69, 9.17) is 14.2 Å². The van der Waals surface area contributed by atoms with Gasteiger partial charge in [-0.15, -0.1) is 0 Å². The lowest BCUT2D eigenvalue weighted by atomic mass is 9.82. The highest BCUT2D eigenvalue weighted by Crippen LogP contribution is 2.31. The number of esters is 2. The SMILES string of the molecule is CCOC(=O)C(CC)(CC)C(=O)OCc1cccc(Oc2ccccc2)c1. The van der Waals surface area contributed by atoms with Gasteiger partial charge in [-0.1, -0.05) is 44.2 Å². The maximum atomic E-state index is 12.6. The number of rotatable bonds is 9. The van der Waals surface area contributed by atoms with Gasteiger partial charge in [0, 0.05) is 0 Å². The van der Waals surface area contributed by atoms with E-state index in [1.54, 1.807) is 20.8 Å². The minimum Gasteiger partial charge on any atom is -0.465 e. The average Bonchev–Trinajstić information content (AvgIpc) is 2.69. The Kier molecular flexibility index (Phi) is 7.41. The molecule has 0 radical (unpaired) electrons. The van der Waals surface area contributed by atoms with Gasteiger partial charge in [0.15, 0.2) is 5.41 Å². The third-order valence-electron chi connectivity index (χ3n) is 4.51. The molecule has 0 aliphatic heterocycles. The van der Waals surface area contributed by atoms with Gasteiger partial charge in [-0.05, 0) is 49.6 Å². The fraction of sp³-hybridized carbons (Fsp3) is 0.364. The molecule has 2 rings (SSSR count). The van der Waals surface area contributed by atoms with Crippen molar-refractivity contribution >= 4 is 11.9 Å². The molecule has 0 spiro atoms. The van der Waals surface area contributed by atoms with Crippen molar-refractivity contribution in [3.63, 3.8) is 0 Å². The molecule has 0 amide bonds. The second kappa shape index (κ2) is 9.76. The van der Waals surface area contributed by atoms with Gasteiger partial charge in [0.25, 0.3) is 0 Å². The van der Waals surface area contributed by atoms with Crippen LogP contribution in [0.25, 0.3) is 0 Å². The lowest BCUT2D eigenvalue weighted by Gasteiger charge is -2.26. The molecule has 0 atom stereocenters. The topological polar surface area (TPSA) is 61.8 Å². The van der Waals surface area contributed by atoms with Gasteiger partial charge in [0.2, 0.25) is 0 Å². The van der Waals surface area contributed by atoms with Gasteiger partial charge in [-0.2, -0.15) is 0 Å². The Bertz CT molecular complexity index is 750. The zero-order valence-corrected chi connectivity index (χ0v) is 16.1. The van der Waals surface area contributed by atoms with Crippen LogP contribution in [-0.2, 0) is 25.7 Å². The Hall–Kier alpha value is -2.82. The van der Waals surface area contributed by atoms with Gasteiger partial charge < -0.3 is 14.2 Å². The van der Waals surface area contributed by atoms with E-state index in [9.17, 15) is 9.59 Å². The Morgan fingerprint density at radius 1 is 0.815 bits per heavy atom. The van der Waals surface area contributed by atoms with Crippen LogP contribution in [0.15, 0.2) is 54.6 Å². The molecule has 0 saturated carbocycles. The van der Waals surface area contributed by atoms with Crippen molar-refractivity contribution in [2.24, 2.45) is 5.41 Å². The Labute approximate surface area is 160 Å². The first kappa shape index (κ1) is 20.5. The van der Waals surface area contributed by atoms with Gasteiger partial charge in [-0.25, -0.2) is 0 Å². The molecule has 0 saturated heterocycles. The van der Waals surface area contributed by atoms with Crippen molar-refractivity contribution in [1.82, 2.24) is 0 Å². The van der Waals surface area contributed by atoms with E-state index in [0.29, 0.717) is 18.6 Å². The molecule has 0 aromatic heterocycles. The first-order valence-corrected chi connectivity index (χ1v) is 9.22. The second-order valence-corrected chi connectivity index (χ2v) is 6.15. The number of ether oxygens (including phenoxy) is 3. The highest BCUT2D eigenvalue weighted by Gasteiger charge is 2.45. The first-order valence-electron chi connectivity index (χ1n) is 9.22. The summed E-state index contributed by atoms with van der Waals surface area (Å²) in [7, 11) is 0. The van der Waals surface area contributed by atoms with Crippen LogP contribution in [0.3, 0.4) is 0 Å². The molecule has 27 heavy (non-hydrogen) atoms. The van der Waals surface area contributed by atoms with Crippen LogP contribution in [0.5, 0.6) is 11.5 Å². The molecule has 0 aliphatic rings. The normalized spacial score (nSPS) is 10.9. The van der Waals surface area contributed by atoms with Crippen LogP contribution in [-0.4, -0.2) is 18.5 Å². The van der Waals surface area contributed by atoms with Crippen molar-refractivity contribution in [1.29, 1.82) is 0 Å². The molecule has 144 valence electrons. The van der Waals surface area contributed by atoms with Crippen LogP contribution in [0.4, 0.5) is 0 Å². The van der Waals surface area contributed by atoms with Gasteiger partial charge >= 0.3 is 11.9 Å². The van der Waals surface area contributed by atoms with Crippen molar-refractivity contribution < 1.29 is 23.8 Å². The summed E-state index contributed by atoms with van der Waals surface area (Å²) >= 11 is 0. The predicted molar refractivity (Wildman–Crippen MR) is 102 cm³/mol. The summed E-state index contributed by atoms with van der Waals surface area (Å²) in [5, 5.41) is 0. The summed E-state index contributed by atoms with van der Waals surface area (Å²) in [5.41, 5.74) is -0.476. The van der Waals surface area contributed by atoms with E-state index in [0.717, 1.165) is 11.3 Å². The summed E-state index contributed by atoms with van der Waals surface area (Å²) in [4.78, 5) is 24.9. The van der Waals surface area contributed by atoms with Crippen molar-refractivity contribution in [3.8, 4) is 11.5 Å². The van der Waals surface area contributed by atoms with E-state index in [-0.39, 0.29) is 13.2 Å². The standard InChI is InChI=1S/C22H26O5/c1-4-22(5-2,20(23)25-6-3)21(24)26-16-17-11-10-14-19(15-17)27-18-12-8-7-9-13-18/h7-15H,4-6,16H2,1-3H3. The molecule has 5 nitrogen and oxygen atoms in total. The van der Waals surface area contributed by atoms with Crippen molar-refractivity contribution in [3.05, 3.63) is 60.2 Å². The maximum absolute atomic E-state index is 12.6. The van der Waals surface area contributed by atoms with Gasteiger partial charge in [0.1, 0.15) is 18.1 Å². The molecular formula is C22H26O5. The molecule has 2 aromatic carbocycles. The van der Waals surface area contributed by atoms with Crippen molar-refractivity contribution in [2.45, 2.75) is 40.2 Å². The number of carbonyl (C=O) groups is 2. The summed E-state index contributed by atoms with van der Waals surface area (Å²) < 4.78 is 16.3. The van der Waals surface area contributed by atoms with Crippen LogP contribution in [0, 0.1) is 5.41 Å². The Morgan fingerprint density at radius 2 is 1.44 bits per heavy atom. The lowest BCUT2D eigenvalue weighted by Crippen LogP contribution is -2.41. The first-order chi connectivity index (χ1) is 13.1. The Morgan fingerprint density at radius 3 is 2.07 bits per heavy atom. The minimum absolute atomic E-state index is 0.0615. The molecule has 0 aliphatic carbocycles. The zero-order chi connectivity index (χ0) is 19.7. The number of hydrogen-bond donors (Lipinski definition) is 0. The van der Waals surface area contributed by atoms with Crippen LogP contribution in [0.2, 0.25) is 0 Å². The second-order valence-electron chi connectivity index (χ2n) is 6.15. The third-order valence-corrected chi connectivity index (χ3v) is 4.51. The Balaban J connectivity index is 2.05. The van der Waals surface area contributed by atoms with E-state index in [2.05, 4.69) is 0 Å². The third kappa shape index (κ3) is 5.09. The smallest absolute Gasteiger partial charge is 0.323 e. The van der Waals surface area contributed by atoms with Gasteiger partial charge in [0.05, 0.1) is 6.61 Å². The van der Waals surface area contributed by atoms with Crippen LogP contribution >= 0.6 is 0 Å². The zero-order valence-electron chi connectivity index (χ0n) is 16.1. The minimum atomic E-state index is -1.26. The number of benzene rings is 2. The quantitative estimate of drug-likeness (QED) is 0.464. The molecule has 2 aromatic rings. The average molecular weight is 370 g/mol. The molecule has 0 N–H and O–H groups in total. The van der Waals surface area contributed by atoms with Crippen LogP contribution < -0.4 is 4.74 Å². The van der Waals surface area contributed by atoms with E-state index in [1.807, 2.05) is 54.6 Å². The number of hydrogen-bond acceptors (Lipinski definition) is 5. The summed E-state index contributed by atoms with van der Waals surface area (Å²) in [5.74, 6) is 0.295. The summed E-state index contributed by atoms with van der Waals surface area (Å²) in [6, 6.07) is 16.8. The van der Waals surface area contributed by atoms with Gasteiger partial charge in [-0.3, -0.25) is 9.59 Å². The predicted octanol–water partition coefficient (Wildman–Crippen LogP) is 4.89. The van der Waals surface area contributed by atoms with Crippen molar-refractivity contribution in [2.75, 3.05) is 6.61 Å². The van der Waals surface area contributed by atoms with Crippen LogP contribution in [0.1, 0.15) is 39.2 Å². The monoisotopic (exact) mass is 370 g/mol.